The summed E-state index contributed by atoms with van der Waals surface area (Å²) in [7, 11) is 1.66. The smallest absolute Gasteiger partial charge is 0.338 e. The highest BCUT2D eigenvalue weighted by molar-refractivity contribution is 6.30. The first-order chi connectivity index (χ1) is 16.1. The Bertz CT molecular complexity index is 1150. The maximum absolute atomic E-state index is 13.2. The molecular formula is C27H29ClN2O3. The molecule has 6 rings (SSSR count). The lowest BCUT2D eigenvalue weighted by Gasteiger charge is -2.51. The van der Waals surface area contributed by atoms with E-state index < -0.39 is 6.10 Å². The fourth-order valence-corrected chi connectivity index (χ4v) is 5.72. The minimum absolute atomic E-state index is 0.139. The minimum atomic E-state index is -0.397. The zero-order chi connectivity index (χ0) is 22.9. The first kappa shape index (κ1) is 22.2. The molecule has 3 saturated heterocycles. The topological polar surface area (TPSA) is 51.7 Å². The molecule has 1 aromatic heterocycles. The van der Waals surface area contributed by atoms with Crippen LogP contribution in [-0.2, 0) is 4.74 Å². The Labute approximate surface area is 199 Å². The summed E-state index contributed by atoms with van der Waals surface area (Å²) in [6.07, 6.45) is 4.85. The molecule has 33 heavy (non-hydrogen) atoms. The van der Waals surface area contributed by atoms with Gasteiger partial charge in [0.25, 0.3) is 0 Å². The molecule has 5 atom stereocenters. The number of ether oxygens (including phenoxy) is 2. The van der Waals surface area contributed by atoms with Crippen LogP contribution in [0.15, 0.2) is 54.7 Å². The minimum Gasteiger partial charge on any atom is -0.497 e. The maximum atomic E-state index is 13.2. The molecule has 3 aliphatic heterocycles. The quantitative estimate of drug-likeness (QED) is 0.424. The number of hydrogen-bond acceptors (Lipinski definition) is 5. The Morgan fingerprint density at radius 3 is 2.73 bits per heavy atom. The van der Waals surface area contributed by atoms with Crippen LogP contribution in [0.2, 0.25) is 5.02 Å². The number of halogens is 1. The molecule has 0 amide bonds. The highest BCUT2D eigenvalue weighted by Gasteiger charge is 2.44. The number of carbonyl (C=O) groups excluding carboxylic acids is 1. The van der Waals surface area contributed by atoms with Crippen molar-refractivity contribution in [1.82, 2.24) is 9.88 Å². The van der Waals surface area contributed by atoms with E-state index in [0.29, 0.717) is 16.5 Å². The number of piperidine rings is 3. The Morgan fingerprint density at radius 2 is 2.03 bits per heavy atom. The molecule has 0 N–H and O–H groups in total. The van der Waals surface area contributed by atoms with E-state index in [1.807, 2.05) is 24.3 Å². The third-order valence-electron chi connectivity index (χ3n) is 7.41. The van der Waals surface area contributed by atoms with Crippen molar-refractivity contribution in [3.63, 3.8) is 0 Å². The summed E-state index contributed by atoms with van der Waals surface area (Å²) < 4.78 is 11.8. The van der Waals surface area contributed by atoms with E-state index in [4.69, 9.17) is 21.1 Å². The summed E-state index contributed by atoms with van der Waals surface area (Å²) >= 11 is 6.03. The molecule has 0 aliphatic carbocycles. The number of carbonyl (C=O) groups is 1. The Morgan fingerprint density at radius 1 is 1.21 bits per heavy atom. The zero-order valence-electron chi connectivity index (χ0n) is 19.0. The van der Waals surface area contributed by atoms with Crippen molar-refractivity contribution in [2.75, 3.05) is 20.2 Å². The van der Waals surface area contributed by atoms with Gasteiger partial charge in [0.1, 0.15) is 11.9 Å². The maximum Gasteiger partial charge on any atom is 0.338 e. The molecule has 0 saturated carbocycles. The lowest BCUT2D eigenvalue weighted by molar-refractivity contribution is -0.0659. The summed E-state index contributed by atoms with van der Waals surface area (Å²) in [6.45, 7) is 4.39. The second-order valence-electron chi connectivity index (χ2n) is 9.13. The van der Waals surface area contributed by atoms with Gasteiger partial charge in [-0.3, -0.25) is 9.88 Å². The molecule has 3 unspecified atom stereocenters. The van der Waals surface area contributed by atoms with E-state index in [-0.39, 0.29) is 12.0 Å². The van der Waals surface area contributed by atoms with Crippen molar-refractivity contribution in [3.8, 4) is 5.75 Å². The molecule has 3 fully saturated rings. The second-order valence-corrected chi connectivity index (χ2v) is 9.57. The molecule has 0 radical (unpaired) electrons. The molecular weight excluding hydrogens is 436 g/mol. The van der Waals surface area contributed by atoms with E-state index in [1.54, 1.807) is 37.6 Å². The van der Waals surface area contributed by atoms with Gasteiger partial charge >= 0.3 is 5.97 Å². The van der Waals surface area contributed by atoms with Crippen molar-refractivity contribution < 1.29 is 14.3 Å². The van der Waals surface area contributed by atoms with E-state index in [9.17, 15) is 4.79 Å². The van der Waals surface area contributed by atoms with Crippen LogP contribution in [0.3, 0.4) is 0 Å². The Hall–Kier alpha value is -2.63. The lowest BCUT2D eigenvalue weighted by Crippen LogP contribution is -2.55. The summed E-state index contributed by atoms with van der Waals surface area (Å²) in [5.74, 6) is 1.82. The molecule has 4 heterocycles. The number of aromatic nitrogens is 1. The lowest BCUT2D eigenvalue weighted by atomic mass is 9.72. The van der Waals surface area contributed by atoms with E-state index in [2.05, 4.69) is 16.8 Å². The molecule has 2 aromatic carbocycles. The zero-order valence-corrected chi connectivity index (χ0v) is 19.8. The van der Waals surface area contributed by atoms with Crippen molar-refractivity contribution in [2.45, 2.75) is 38.3 Å². The van der Waals surface area contributed by atoms with Gasteiger partial charge in [-0.2, -0.15) is 0 Å². The summed E-state index contributed by atoms with van der Waals surface area (Å²) in [6, 6.07) is 14.9. The molecule has 6 heteroatoms. The van der Waals surface area contributed by atoms with Gasteiger partial charge in [-0.1, -0.05) is 24.9 Å². The predicted octanol–water partition coefficient (Wildman–Crippen LogP) is 5.92. The summed E-state index contributed by atoms with van der Waals surface area (Å²) in [4.78, 5) is 20.3. The normalized spacial score (nSPS) is 25.1. The highest BCUT2D eigenvalue weighted by Crippen LogP contribution is 2.44. The molecule has 5 nitrogen and oxygen atoms in total. The highest BCUT2D eigenvalue weighted by atomic mass is 35.5. The van der Waals surface area contributed by atoms with Gasteiger partial charge in [0.15, 0.2) is 0 Å². The first-order valence-electron chi connectivity index (χ1n) is 11.7. The van der Waals surface area contributed by atoms with Gasteiger partial charge in [0.05, 0.1) is 24.2 Å². The third kappa shape index (κ3) is 4.32. The van der Waals surface area contributed by atoms with Crippen LogP contribution in [-0.4, -0.2) is 42.1 Å². The van der Waals surface area contributed by atoms with Crippen LogP contribution < -0.4 is 4.74 Å². The van der Waals surface area contributed by atoms with Gasteiger partial charge in [-0.05, 0) is 79.8 Å². The number of hydrogen-bond donors (Lipinski definition) is 0. The summed E-state index contributed by atoms with van der Waals surface area (Å²) in [5, 5.41) is 1.55. The van der Waals surface area contributed by atoms with Crippen LogP contribution in [0.5, 0.6) is 5.75 Å². The largest absolute Gasteiger partial charge is 0.497 e. The average molecular weight is 465 g/mol. The monoisotopic (exact) mass is 464 g/mol. The van der Waals surface area contributed by atoms with Crippen molar-refractivity contribution in [1.29, 1.82) is 0 Å². The van der Waals surface area contributed by atoms with Gasteiger partial charge in [-0.25, -0.2) is 4.79 Å². The average Bonchev–Trinajstić information content (AvgIpc) is 2.87. The molecule has 172 valence electrons. The van der Waals surface area contributed by atoms with Gasteiger partial charge in [0.2, 0.25) is 0 Å². The fraction of sp³-hybridized carbons (Fsp3) is 0.407. The fourth-order valence-electron chi connectivity index (χ4n) is 5.60. The second kappa shape index (κ2) is 9.32. The summed E-state index contributed by atoms with van der Waals surface area (Å²) in [5.41, 5.74) is 2.35. The molecule has 3 aliphatic rings. The van der Waals surface area contributed by atoms with Crippen LogP contribution in [0.25, 0.3) is 10.9 Å². The van der Waals surface area contributed by atoms with E-state index in [0.717, 1.165) is 47.6 Å². The molecule has 2 bridgehead atoms. The van der Waals surface area contributed by atoms with Gasteiger partial charge < -0.3 is 9.47 Å². The first-order valence-corrected chi connectivity index (χ1v) is 12.1. The number of nitrogens with zero attached hydrogens (tertiary/aromatic N) is 2. The van der Waals surface area contributed by atoms with Crippen molar-refractivity contribution >= 4 is 28.5 Å². The number of benzene rings is 2. The Kier molecular flexibility index (Phi) is 6.26. The number of fused-ring (bicyclic) bond motifs is 4. The number of methoxy groups -OCH3 is 1. The molecule has 0 spiro atoms. The van der Waals surface area contributed by atoms with E-state index >= 15 is 0 Å². The van der Waals surface area contributed by atoms with Crippen LogP contribution in [0, 0.1) is 11.8 Å². The molecule has 3 aromatic rings. The van der Waals surface area contributed by atoms with Crippen LogP contribution >= 0.6 is 11.6 Å². The van der Waals surface area contributed by atoms with Gasteiger partial charge in [0, 0.05) is 28.7 Å². The van der Waals surface area contributed by atoms with Crippen molar-refractivity contribution in [2.24, 2.45) is 11.8 Å². The third-order valence-corrected chi connectivity index (χ3v) is 7.66. The number of pyridine rings is 1. The van der Waals surface area contributed by atoms with Crippen molar-refractivity contribution in [3.05, 3.63) is 70.9 Å². The van der Waals surface area contributed by atoms with Gasteiger partial charge in [-0.15, -0.1) is 0 Å². The number of esters is 1. The predicted molar refractivity (Wildman–Crippen MR) is 130 cm³/mol. The SMILES string of the molecule is CCC1CN2CCC1C[C@@H]2[C@@H](OC(=O)c1ccc(Cl)cc1)c1ccnc2ccc(OC)cc12. The standard InChI is InChI=1S/C27H29ClN2O3/c1-3-17-16-30-13-11-19(17)14-25(30)26(33-27(31)18-4-6-20(28)7-5-18)22-10-12-29-24-9-8-21(32-2)15-23(22)24/h4-10,12,15,17,19,25-26H,3,11,13-14,16H2,1-2H3/t17?,19?,25-,26+/m1/s1. The van der Waals surface area contributed by atoms with Crippen LogP contribution in [0.4, 0.5) is 0 Å². The Balaban J connectivity index is 1.55. The van der Waals surface area contributed by atoms with Crippen LogP contribution in [0.1, 0.15) is 48.2 Å². The van der Waals surface area contributed by atoms with E-state index in [1.165, 1.54) is 12.8 Å². The number of rotatable bonds is 6.